The first-order valence-corrected chi connectivity index (χ1v) is 7.92. The number of hydrogen-bond donors (Lipinski definition) is 1. The molecule has 0 bridgehead atoms. The van der Waals surface area contributed by atoms with Crippen LogP contribution in [-0.2, 0) is 26.5 Å². The third kappa shape index (κ3) is 3.03. The summed E-state index contributed by atoms with van der Waals surface area (Å²) in [6, 6.07) is 0. The van der Waals surface area contributed by atoms with E-state index in [1.807, 2.05) is 0 Å². The molecular formula is C12H21N3O4S. The summed E-state index contributed by atoms with van der Waals surface area (Å²) in [6.07, 6.45) is -0.281. The second-order valence-corrected chi connectivity index (χ2v) is 7.13. The molecule has 7 nitrogen and oxygen atoms in total. The molecule has 0 amide bonds. The van der Waals surface area contributed by atoms with Gasteiger partial charge in [0.25, 0.3) is 0 Å². The Morgan fingerprint density at radius 2 is 2.10 bits per heavy atom. The molecule has 2 heterocycles. The molecule has 1 aliphatic heterocycles. The van der Waals surface area contributed by atoms with E-state index in [0.717, 1.165) is 0 Å². The Bertz CT molecular complexity index is 606. The Kier molecular flexibility index (Phi) is 3.94. The minimum atomic E-state index is -3.59. The van der Waals surface area contributed by atoms with Gasteiger partial charge in [0.15, 0.2) is 5.79 Å². The van der Waals surface area contributed by atoms with Crippen LogP contribution in [-0.4, -0.2) is 43.2 Å². The van der Waals surface area contributed by atoms with Crippen molar-refractivity contribution in [3.05, 3.63) is 11.4 Å². The number of hydrogen-bond acceptors (Lipinski definition) is 5. The van der Waals surface area contributed by atoms with E-state index in [-0.39, 0.29) is 17.5 Å². The predicted molar refractivity (Wildman–Crippen MR) is 72.8 cm³/mol. The van der Waals surface area contributed by atoms with Crippen LogP contribution in [0.2, 0.25) is 0 Å². The van der Waals surface area contributed by atoms with Gasteiger partial charge < -0.3 is 9.47 Å². The van der Waals surface area contributed by atoms with Crippen molar-refractivity contribution < 1.29 is 17.9 Å². The van der Waals surface area contributed by atoms with Crippen LogP contribution in [0.5, 0.6) is 0 Å². The van der Waals surface area contributed by atoms with Gasteiger partial charge in [-0.15, -0.1) is 0 Å². The normalized spacial score (nSPS) is 22.4. The number of rotatable bonds is 4. The van der Waals surface area contributed by atoms with Gasteiger partial charge in [0, 0.05) is 13.6 Å². The zero-order valence-corrected chi connectivity index (χ0v) is 13.2. The lowest BCUT2D eigenvalue weighted by Crippen LogP contribution is -2.34. The number of aryl methyl sites for hydroxylation is 2. The fourth-order valence-electron chi connectivity index (χ4n) is 2.28. The molecule has 0 saturated carbocycles. The van der Waals surface area contributed by atoms with Gasteiger partial charge in [0.2, 0.25) is 10.0 Å². The summed E-state index contributed by atoms with van der Waals surface area (Å²) in [6.45, 7) is 7.57. The van der Waals surface area contributed by atoms with Crippen molar-refractivity contribution in [1.82, 2.24) is 14.5 Å². The maximum absolute atomic E-state index is 12.3. The first-order valence-electron chi connectivity index (χ1n) is 6.44. The lowest BCUT2D eigenvalue weighted by atomic mass is 10.4. The molecule has 1 aromatic heterocycles. The molecule has 0 radical (unpaired) electrons. The maximum atomic E-state index is 12.3. The van der Waals surface area contributed by atoms with Gasteiger partial charge in [-0.2, -0.15) is 5.10 Å². The Morgan fingerprint density at radius 1 is 1.45 bits per heavy atom. The van der Waals surface area contributed by atoms with E-state index in [0.29, 0.717) is 18.0 Å². The van der Waals surface area contributed by atoms with Crippen LogP contribution in [0, 0.1) is 13.8 Å². The summed E-state index contributed by atoms with van der Waals surface area (Å²) in [5, 5.41) is 4.12. The molecule has 8 heteroatoms. The van der Waals surface area contributed by atoms with Gasteiger partial charge in [0.1, 0.15) is 4.90 Å². The van der Waals surface area contributed by atoms with Gasteiger partial charge in [-0.1, -0.05) is 0 Å². The van der Waals surface area contributed by atoms with Crippen molar-refractivity contribution in [2.45, 2.75) is 44.5 Å². The molecule has 1 fully saturated rings. The van der Waals surface area contributed by atoms with E-state index >= 15 is 0 Å². The smallest absolute Gasteiger partial charge is 0.244 e. The SMILES string of the molecule is Cc1nn(C)c(C)c1S(=O)(=O)NCC1COC(C)(C)O1. The summed E-state index contributed by atoms with van der Waals surface area (Å²) in [5.74, 6) is -0.657. The fourth-order valence-corrected chi connectivity index (χ4v) is 3.78. The number of aromatic nitrogens is 2. The highest BCUT2D eigenvalue weighted by Gasteiger charge is 2.34. The average Bonchev–Trinajstić information content (AvgIpc) is 2.77. The molecule has 114 valence electrons. The van der Waals surface area contributed by atoms with Crippen LogP contribution in [0.1, 0.15) is 25.2 Å². The number of nitrogens with zero attached hydrogens (tertiary/aromatic N) is 2. The van der Waals surface area contributed by atoms with Gasteiger partial charge in [-0.3, -0.25) is 4.68 Å². The third-order valence-electron chi connectivity index (χ3n) is 3.28. The zero-order chi connectivity index (χ0) is 15.1. The predicted octanol–water partition coefficient (Wildman–Crippen LogP) is 0.467. The Morgan fingerprint density at radius 3 is 2.55 bits per heavy atom. The van der Waals surface area contributed by atoms with Crippen LogP contribution in [0.4, 0.5) is 0 Å². The lowest BCUT2D eigenvalue weighted by molar-refractivity contribution is -0.137. The summed E-state index contributed by atoms with van der Waals surface area (Å²) in [5.41, 5.74) is 1.10. The summed E-state index contributed by atoms with van der Waals surface area (Å²) in [4.78, 5) is 0.234. The highest BCUT2D eigenvalue weighted by Crippen LogP contribution is 2.23. The molecule has 0 aliphatic carbocycles. The molecule has 1 N–H and O–H groups in total. The van der Waals surface area contributed by atoms with Crippen LogP contribution >= 0.6 is 0 Å². The topological polar surface area (TPSA) is 82.5 Å². The van der Waals surface area contributed by atoms with E-state index in [1.165, 1.54) is 0 Å². The van der Waals surface area contributed by atoms with E-state index in [1.54, 1.807) is 39.4 Å². The summed E-state index contributed by atoms with van der Waals surface area (Å²) >= 11 is 0. The molecule has 1 unspecified atom stereocenters. The quantitative estimate of drug-likeness (QED) is 0.874. The number of ether oxygens (including phenoxy) is 2. The largest absolute Gasteiger partial charge is 0.348 e. The Labute approximate surface area is 119 Å². The van der Waals surface area contributed by atoms with E-state index in [2.05, 4.69) is 9.82 Å². The average molecular weight is 303 g/mol. The molecule has 1 saturated heterocycles. The molecule has 2 rings (SSSR count). The lowest BCUT2D eigenvalue weighted by Gasteiger charge is -2.17. The van der Waals surface area contributed by atoms with E-state index < -0.39 is 15.8 Å². The molecular weight excluding hydrogens is 282 g/mol. The monoisotopic (exact) mass is 303 g/mol. The van der Waals surface area contributed by atoms with E-state index in [9.17, 15) is 8.42 Å². The van der Waals surface area contributed by atoms with Crippen molar-refractivity contribution in [3.63, 3.8) is 0 Å². The highest BCUT2D eigenvalue weighted by atomic mass is 32.2. The fraction of sp³-hybridized carbons (Fsp3) is 0.750. The Hall–Kier alpha value is -0.960. The summed E-state index contributed by atoms with van der Waals surface area (Å²) < 4.78 is 39.8. The van der Waals surface area contributed by atoms with Crippen molar-refractivity contribution in [2.75, 3.05) is 13.2 Å². The van der Waals surface area contributed by atoms with Crippen LogP contribution in [0.3, 0.4) is 0 Å². The molecule has 1 atom stereocenters. The van der Waals surface area contributed by atoms with Crippen molar-refractivity contribution in [1.29, 1.82) is 0 Å². The van der Waals surface area contributed by atoms with Gasteiger partial charge in [0.05, 0.1) is 24.1 Å². The standard InChI is InChI=1S/C12H21N3O4S/c1-8-11(9(2)15(5)14-8)20(16,17)13-6-10-7-18-12(3,4)19-10/h10,13H,6-7H2,1-5H3. The van der Waals surface area contributed by atoms with Crippen LogP contribution in [0.15, 0.2) is 4.90 Å². The van der Waals surface area contributed by atoms with Crippen molar-refractivity contribution in [2.24, 2.45) is 7.05 Å². The molecule has 1 aromatic rings. The van der Waals surface area contributed by atoms with Gasteiger partial charge >= 0.3 is 0 Å². The van der Waals surface area contributed by atoms with Crippen molar-refractivity contribution in [3.8, 4) is 0 Å². The van der Waals surface area contributed by atoms with Gasteiger partial charge in [-0.05, 0) is 27.7 Å². The second kappa shape index (κ2) is 5.10. The summed E-state index contributed by atoms with van der Waals surface area (Å²) in [7, 11) is -1.87. The highest BCUT2D eigenvalue weighted by molar-refractivity contribution is 7.89. The molecule has 0 spiro atoms. The van der Waals surface area contributed by atoms with Gasteiger partial charge in [-0.25, -0.2) is 13.1 Å². The minimum absolute atomic E-state index is 0.180. The maximum Gasteiger partial charge on any atom is 0.244 e. The number of nitrogens with one attached hydrogen (secondary N) is 1. The first kappa shape index (κ1) is 15.4. The Balaban J connectivity index is 2.09. The van der Waals surface area contributed by atoms with E-state index in [4.69, 9.17) is 9.47 Å². The molecule has 0 aromatic carbocycles. The molecule has 20 heavy (non-hydrogen) atoms. The van der Waals surface area contributed by atoms with Crippen LogP contribution < -0.4 is 4.72 Å². The second-order valence-electron chi connectivity index (χ2n) is 5.43. The van der Waals surface area contributed by atoms with Crippen LogP contribution in [0.25, 0.3) is 0 Å². The van der Waals surface area contributed by atoms with Crippen molar-refractivity contribution >= 4 is 10.0 Å². The third-order valence-corrected chi connectivity index (χ3v) is 4.95. The first-order chi connectivity index (χ1) is 9.12. The zero-order valence-electron chi connectivity index (χ0n) is 12.4. The number of sulfonamides is 1. The minimum Gasteiger partial charge on any atom is -0.348 e. The molecule has 1 aliphatic rings.